The van der Waals surface area contributed by atoms with Crippen molar-refractivity contribution in [2.75, 3.05) is 18.1 Å². The first-order chi connectivity index (χ1) is 15.6. The highest BCUT2D eigenvalue weighted by Crippen LogP contribution is 2.20. The zero-order valence-electron chi connectivity index (χ0n) is 20.3. The van der Waals surface area contributed by atoms with Crippen LogP contribution in [0.15, 0.2) is 0 Å². The Bertz CT molecular complexity index is 760. The maximum Gasteiger partial charge on any atom is 0.200 e. The highest BCUT2D eigenvalue weighted by Gasteiger charge is 2.35. The van der Waals surface area contributed by atoms with Crippen LogP contribution in [0.4, 0.5) is 22.0 Å². The average molecular weight is 509 g/mol. The van der Waals surface area contributed by atoms with E-state index in [4.69, 9.17) is 4.74 Å². The maximum atomic E-state index is 14.1. The second kappa shape index (κ2) is 15.8. The van der Waals surface area contributed by atoms with Gasteiger partial charge in [0.1, 0.15) is 0 Å². The molecule has 1 rings (SSSR count). The minimum Gasteiger partial charge on any atom is -0.378 e. The standard InChI is InChI=1S/C25H37F5OSSi/c1-19(2)31-15-17-32-16-13-11-9-7-5-6-8-10-12-14-18-33(3,4)25-23(29)21(27)20(26)22(28)24(25)30/h19H,5-13,15-17H2,1-4H3. The summed E-state index contributed by atoms with van der Waals surface area (Å²) in [6.45, 7) is 7.91. The first-order valence-corrected chi connectivity index (χ1v) is 16.0. The number of hydrogen-bond acceptors (Lipinski definition) is 2. The molecule has 188 valence electrons. The second-order valence-corrected chi connectivity index (χ2v) is 14.2. The minimum atomic E-state index is -3.13. The van der Waals surface area contributed by atoms with Crippen molar-refractivity contribution >= 4 is 25.0 Å². The van der Waals surface area contributed by atoms with Gasteiger partial charge in [0.05, 0.1) is 12.7 Å². The minimum absolute atomic E-state index is 0.304. The molecule has 0 aliphatic heterocycles. The molecule has 0 aliphatic rings. The van der Waals surface area contributed by atoms with Gasteiger partial charge in [-0.3, -0.25) is 0 Å². The number of halogens is 5. The molecule has 0 fully saturated rings. The van der Waals surface area contributed by atoms with Crippen LogP contribution in [0.25, 0.3) is 0 Å². The summed E-state index contributed by atoms with van der Waals surface area (Å²) < 4.78 is 73.9. The van der Waals surface area contributed by atoms with Gasteiger partial charge in [-0.25, -0.2) is 22.0 Å². The summed E-state index contributed by atoms with van der Waals surface area (Å²) >= 11 is 1.95. The molecular weight excluding hydrogens is 471 g/mol. The fourth-order valence-electron chi connectivity index (χ4n) is 3.42. The summed E-state index contributed by atoms with van der Waals surface area (Å²) in [7, 11) is -3.13. The molecule has 0 amide bonds. The molecule has 0 aliphatic carbocycles. The van der Waals surface area contributed by atoms with Gasteiger partial charge < -0.3 is 4.74 Å². The van der Waals surface area contributed by atoms with Crippen molar-refractivity contribution in [1.82, 2.24) is 0 Å². The van der Waals surface area contributed by atoms with Gasteiger partial charge in [0.15, 0.2) is 31.3 Å². The molecule has 0 atom stereocenters. The summed E-state index contributed by atoms with van der Waals surface area (Å²) in [6.07, 6.45) is 9.98. The highest BCUT2D eigenvalue weighted by molar-refractivity contribution is 7.99. The van der Waals surface area contributed by atoms with Crippen LogP contribution in [0.3, 0.4) is 0 Å². The number of ether oxygens (including phenoxy) is 1. The topological polar surface area (TPSA) is 9.23 Å². The first kappa shape index (κ1) is 30.0. The van der Waals surface area contributed by atoms with Gasteiger partial charge in [0, 0.05) is 17.4 Å². The third-order valence-electron chi connectivity index (χ3n) is 5.25. The van der Waals surface area contributed by atoms with Gasteiger partial charge in [0.2, 0.25) is 5.82 Å². The predicted molar refractivity (Wildman–Crippen MR) is 131 cm³/mol. The lowest BCUT2D eigenvalue weighted by Crippen LogP contribution is -2.46. The Labute approximate surface area is 201 Å². The van der Waals surface area contributed by atoms with Gasteiger partial charge in [-0.1, -0.05) is 51.6 Å². The summed E-state index contributed by atoms with van der Waals surface area (Å²) in [5, 5.41) is -0.742. The highest BCUT2D eigenvalue weighted by atomic mass is 32.2. The number of benzene rings is 1. The van der Waals surface area contributed by atoms with Crippen molar-refractivity contribution in [1.29, 1.82) is 0 Å². The van der Waals surface area contributed by atoms with Crippen LogP contribution in [0.5, 0.6) is 0 Å². The summed E-state index contributed by atoms with van der Waals surface area (Å²) in [5.74, 6) is -4.29. The molecule has 0 saturated heterocycles. The molecule has 0 N–H and O–H groups in total. The molecule has 0 radical (unpaired) electrons. The Kier molecular flexibility index (Phi) is 14.3. The SMILES string of the molecule is CC(C)OCCSCCCCCCCCCCC#C[Si](C)(C)c1c(F)c(F)c(F)c(F)c1F. The Morgan fingerprint density at radius 3 is 1.76 bits per heavy atom. The predicted octanol–water partition coefficient (Wildman–Crippen LogP) is 7.51. The second-order valence-electron chi connectivity index (χ2n) is 8.98. The summed E-state index contributed by atoms with van der Waals surface area (Å²) in [5.41, 5.74) is 2.82. The third-order valence-corrected chi connectivity index (χ3v) is 8.78. The van der Waals surface area contributed by atoms with Gasteiger partial charge in [0.25, 0.3) is 0 Å². The smallest absolute Gasteiger partial charge is 0.200 e. The maximum absolute atomic E-state index is 14.1. The van der Waals surface area contributed by atoms with Crippen molar-refractivity contribution in [2.45, 2.75) is 90.8 Å². The monoisotopic (exact) mass is 508 g/mol. The third kappa shape index (κ3) is 10.8. The first-order valence-electron chi connectivity index (χ1n) is 11.8. The number of unbranched alkanes of at least 4 members (excludes halogenated alkanes) is 8. The fourth-order valence-corrected chi connectivity index (χ4v) is 6.26. The van der Waals surface area contributed by atoms with Crippen LogP contribution in [0.1, 0.15) is 71.6 Å². The molecule has 1 aromatic rings. The lowest BCUT2D eigenvalue weighted by molar-refractivity contribution is 0.0920. The van der Waals surface area contributed by atoms with Crippen LogP contribution in [0, 0.1) is 40.6 Å². The summed E-state index contributed by atoms with van der Waals surface area (Å²) in [4.78, 5) is 0. The molecule has 0 bridgehead atoms. The molecule has 1 nitrogen and oxygen atoms in total. The van der Waals surface area contributed by atoms with Crippen LogP contribution >= 0.6 is 11.8 Å². The molecule has 0 saturated carbocycles. The van der Waals surface area contributed by atoms with Crippen LogP contribution in [-0.4, -0.2) is 32.3 Å². The van der Waals surface area contributed by atoms with Crippen molar-refractivity contribution in [3.8, 4) is 11.5 Å². The van der Waals surface area contributed by atoms with E-state index in [0.717, 1.165) is 31.6 Å². The van der Waals surface area contributed by atoms with Crippen LogP contribution in [-0.2, 0) is 4.74 Å². The zero-order chi connectivity index (χ0) is 24.9. The lowest BCUT2D eigenvalue weighted by atomic mass is 10.1. The molecule has 8 heteroatoms. The van der Waals surface area contributed by atoms with Crippen molar-refractivity contribution in [3.63, 3.8) is 0 Å². The quantitative estimate of drug-likeness (QED) is 0.0605. The van der Waals surface area contributed by atoms with Gasteiger partial charge in [-0.2, -0.15) is 11.8 Å². The number of thioether (sulfide) groups is 1. The van der Waals surface area contributed by atoms with E-state index in [1.807, 2.05) is 25.6 Å². The Balaban J connectivity index is 2.20. The Hall–Kier alpha value is -1.04. The summed E-state index contributed by atoms with van der Waals surface area (Å²) in [6, 6.07) is 0. The van der Waals surface area contributed by atoms with Crippen molar-refractivity contribution < 1.29 is 26.7 Å². The van der Waals surface area contributed by atoms with Gasteiger partial charge in [-0.05, 0) is 32.4 Å². The van der Waals surface area contributed by atoms with E-state index in [1.54, 1.807) is 0 Å². The average Bonchev–Trinajstić information content (AvgIpc) is 2.75. The Morgan fingerprint density at radius 2 is 1.21 bits per heavy atom. The van der Waals surface area contributed by atoms with Crippen LogP contribution in [0.2, 0.25) is 13.1 Å². The van der Waals surface area contributed by atoms with E-state index < -0.39 is 42.3 Å². The van der Waals surface area contributed by atoms with Gasteiger partial charge >= 0.3 is 0 Å². The van der Waals surface area contributed by atoms with Crippen molar-refractivity contribution in [3.05, 3.63) is 29.1 Å². The number of hydrogen-bond donors (Lipinski definition) is 0. The molecule has 1 aromatic carbocycles. The van der Waals surface area contributed by atoms with E-state index in [1.165, 1.54) is 51.0 Å². The zero-order valence-corrected chi connectivity index (χ0v) is 22.1. The number of rotatable bonds is 15. The van der Waals surface area contributed by atoms with Crippen LogP contribution < -0.4 is 5.19 Å². The molecule has 0 aromatic heterocycles. The van der Waals surface area contributed by atoms with E-state index in [-0.39, 0.29) is 0 Å². The van der Waals surface area contributed by atoms with E-state index in [2.05, 4.69) is 11.5 Å². The van der Waals surface area contributed by atoms with E-state index in [9.17, 15) is 22.0 Å². The Morgan fingerprint density at radius 1 is 0.727 bits per heavy atom. The fraction of sp³-hybridized carbons (Fsp3) is 0.680. The molecule has 0 spiro atoms. The molecule has 0 unspecified atom stereocenters. The van der Waals surface area contributed by atoms with E-state index >= 15 is 0 Å². The van der Waals surface area contributed by atoms with Crippen molar-refractivity contribution in [2.24, 2.45) is 0 Å². The lowest BCUT2D eigenvalue weighted by Gasteiger charge is -2.18. The largest absolute Gasteiger partial charge is 0.378 e. The molecule has 33 heavy (non-hydrogen) atoms. The normalized spacial score (nSPS) is 11.7. The van der Waals surface area contributed by atoms with E-state index in [0.29, 0.717) is 12.5 Å². The van der Waals surface area contributed by atoms with Gasteiger partial charge in [-0.15, -0.1) is 11.5 Å². The molecular formula is C25H37F5OSSi. The molecule has 0 heterocycles.